The van der Waals surface area contributed by atoms with E-state index in [0.717, 1.165) is 44.8 Å². The van der Waals surface area contributed by atoms with Crippen LogP contribution in [0.5, 0.6) is 5.88 Å². The summed E-state index contributed by atoms with van der Waals surface area (Å²) in [6.07, 6.45) is -0.121. The molecule has 1 amide bonds. The zero-order valence-corrected chi connectivity index (χ0v) is 32.0. The maximum Gasteiger partial charge on any atom is 0.251 e. The van der Waals surface area contributed by atoms with Gasteiger partial charge in [-0.3, -0.25) is 4.79 Å². The number of aromatic amines is 1. The van der Waals surface area contributed by atoms with Gasteiger partial charge in [-0.25, -0.2) is 13.8 Å². The van der Waals surface area contributed by atoms with Crippen molar-refractivity contribution in [1.29, 1.82) is 0 Å². The predicted octanol–water partition coefficient (Wildman–Crippen LogP) is 4.72. The van der Waals surface area contributed by atoms with E-state index in [9.17, 15) is 13.6 Å². The molecule has 4 N–H and O–H groups in total. The zero-order chi connectivity index (χ0) is 38.3. The Hall–Kier alpha value is -5.86. The Morgan fingerprint density at radius 3 is 2.18 bits per heavy atom. The van der Waals surface area contributed by atoms with Gasteiger partial charge in [0.15, 0.2) is 11.2 Å². The summed E-state index contributed by atoms with van der Waals surface area (Å²) in [5.74, 6) is 0.204. The summed E-state index contributed by atoms with van der Waals surface area (Å²) in [5, 5.41) is 5.55. The molecule has 2 saturated heterocycles. The molecule has 4 aromatic carbocycles. The lowest BCUT2D eigenvalue weighted by Crippen LogP contribution is -2.63. The van der Waals surface area contributed by atoms with Gasteiger partial charge < -0.3 is 35.3 Å². The van der Waals surface area contributed by atoms with E-state index in [4.69, 9.17) is 15.2 Å². The number of hydrogen-bond acceptors (Lipinski definition) is 9. The van der Waals surface area contributed by atoms with Crippen LogP contribution in [0.15, 0.2) is 85.2 Å². The molecule has 284 valence electrons. The number of imidazole rings is 1. The first kappa shape index (κ1) is 34.6. The molecule has 4 aliphatic heterocycles. The van der Waals surface area contributed by atoms with Crippen LogP contribution in [0, 0.1) is 0 Å². The van der Waals surface area contributed by atoms with Crippen molar-refractivity contribution >= 4 is 52.8 Å². The van der Waals surface area contributed by atoms with E-state index >= 15 is 0 Å². The molecule has 4 aliphatic rings. The second-order valence-corrected chi connectivity index (χ2v) is 20.0. The molecule has 0 unspecified atom stereocenters. The number of benzene rings is 4. The number of nitrogens with one attached hydrogen (secondary N) is 2. The predicted molar refractivity (Wildman–Crippen MR) is 213 cm³/mol. The normalized spacial score (nSPS) is 17.9. The minimum absolute atomic E-state index is 0.0946. The molecule has 0 atom stereocenters. The number of rotatable bonds is 8. The van der Waals surface area contributed by atoms with Gasteiger partial charge >= 0.3 is 0 Å². The Morgan fingerprint density at radius 2 is 1.54 bits per heavy atom. The van der Waals surface area contributed by atoms with Crippen molar-refractivity contribution < 1.29 is 23.0 Å². The highest BCUT2D eigenvalue weighted by Crippen LogP contribution is 2.50. The summed E-state index contributed by atoms with van der Waals surface area (Å²) in [6.45, 7) is 7.22. The number of amides is 1. The van der Waals surface area contributed by atoms with Crippen molar-refractivity contribution in [3.05, 3.63) is 124 Å². The highest BCUT2D eigenvalue weighted by Gasteiger charge is 2.53. The van der Waals surface area contributed by atoms with E-state index in [1.807, 2.05) is 42.5 Å². The van der Waals surface area contributed by atoms with Crippen LogP contribution < -0.4 is 36.0 Å². The Balaban J connectivity index is 0.929. The van der Waals surface area contributed by atoms with Gasteiger partial charge in [-0.1, -0.05) is 55.6 Å². The number of H-pyrrole nitrogens is 1. The standard InChI is InChI=1S/C42H40F2N8O3Si/c1-56(2)35-14-30(51-17-28(43)18-51)9-11-32(35)42(33-12-10-31(15-36(33)56)52-19-29(44)20-52)34-13-26(7-8-27(34)22-55-42)39(53)46-16-24-3-5-25(6-4-24)21-54-40-37-38(48-23-47-37)49-41(45)50-40/h3-15,23,28-29H,16-22H2,1-2H3,(H,46,53)(H3,45,47,48,49,50). The Labute approximate surface area is 322 Å². The zero-order valence-electron chi connectivity index (χ0n) is 31.0. The quantitative estimate of drug-likeness (QED) is 0.188. The fourth-order valence-electron chi connectivity index (χ4n) is 8.66. The first-order valence-electron chi connectivity index (χ1n) is 18.9. The van der Waals surface area contributed by atoms with Crippen molar-refractivity contribution in [3.63, 3.8) is 0 Å². The lowest BCUT2D eigenvalue weighted by Gasteiger charge is -2.46. The van der Waals surface area contributed by atoms with Gasteiger partial charge in [0.1, 0.15) is 32.6 Å². The van der Waals surface area contributed by atoms with Crippen LogP contribution in [0.2, 0.25) is 13.1 Å². The average molecular weight is 771 g/mol. The molecule has 0 saturated carbocycles. The second-order valence-electron chi connectivity index (χ2n) is 15.7. The molecule has 6 aromatic rings. The molecule has 10 rings (SSSR count). The molecule has 2 fully saturated rings. The largest absolute Gasteiger partial charge is 0.471 e. The number of aromatic nitrogens is 4. The van der Waals surface area contributed by atoms with Crippen molar-refractivity contribution in [1.82, 2.24) is 25.3 Å². The van der Waals surface area contributed by atoms with Crippen LogP contribution in [0.1, 0.15) is 43.7 Å². The molecule has 0 aliphatic carbocycles. The molecule has 56 heavy (non-hydrogen) atoms. The summed E-state index contributed by atoms with van der Waals surface area (Å²) in [5.41, 5.74) is 14.4. The lowest BCUT2D eigenvalue weighted by molar-refractivity contribution is 0.0276. The lowest BCUT2D eigenvalue weighted by atomic mass is 9.78. The Bertz CT molecular complexity index is 2460. The summed E-state index contributed by atoms with van der Waals surface area (Å²) in [7, 11) is -2.36. The summed E-state index contributed by atoms with van der Waals surface area (Å²) in [4.78, 5) is 33.4. The first-order valence-corrected chi connectivity index (χ1v) is 21.9. The number of fused-ring (bicyclic) bond motifs is 7. The number of alkyl halides is 2. The van der Waals surface area contributed by atoms with E-state index in [-0.39, 0.29) is 18.5 Å². The molecule has 1 spiro atoms. The van der Waals surface area contributed by atoms with Crippen LogP contribution in [-0.4, -0.2) is 72.4 Å². The second kappa shape index (κ2) is 12.8. The molecule has 0 bridgehead atoms. The Morgan fingerprint density at radius 1 is 0.893 bits per heavy atom. The van der Waals surface area contributed by atoms with Crippen molar-refractivity contribution in [2.24, 2.45) is 0 Å². The maximum atomic E-state index is 14.0. The molecular weight excluding hydrogens is 731 g/mol. The number of nitrogens with two attached hydrogens (primary N) is 1. The van der Waals surface area contributed by atoms with E-state index in [1.165, 1.54) is 16.7 Å². The number of carbonyl (C=O) groups is 1. The van der Waals surface area contributed by atoms with Crippen molar-refractivity contribution in [2.45, 2.75) is 50.8 Å². The number of nitrogen functional groups attached to an aromatic ring is 1. The fourth-order valence-corrected chi connectivity index (χ4v) is 11.8. The third-order valence-corrected chi connectivity index (χ3v) is 15.3. The van der Waals surface area contributed by atoms with E-state index in [0.29, 0.717) is 61.9 Å². The Kier molecular flexibility index (Phi) is 7.94. The highest BCUT2D eigenvalue weighted by molar-refractivity contribution is 7.01. The van der Waals surface area contributed by atoms with Crippen LogP contribution in [0.25, 0.3) is 11.2 Å². The van der Waals surface area contributed by atoms with Gasteiger partial charge in [-0.05, 0) is 80.2 Å². The van der Waals surface area contributed by atoms with E-state index < -0.39 is 26.0 Å². The van der Waals surface area contributed by atoms with Crippen LogP contribution >= 0.6 is 0 Å². The SMILES string of the molecule is C[Si]1(C)c2cc(N3CC(F)C3)ccc2C2(OCc3ccc(C(=O)NCc4ccc(COc5nc(N)nc6[nH]cnc56)cc4)cc32)c2ccc(N3CC(F)C3)cc21. The number of carbonyl (C=O) groups excluding carboxylic acids is 1. The van der Waals surface area contributed by atoms with E-state index in [1.54, 1.807) is 0 Å². The number of halogens is 2. The molecular formula is C42H40F2N8O3Si. The van der Waals surface area contributed by atoms with E-state index in [2.05, 4.69) is 84.5 Å². The van der Waals surface area contributed by atoms with Gasteiger partial charge in [0.25, 0.3) is 5.91 Å². The summed E-state index contributed by atoms with van der Waals surface area (Å²) < 4.78 is 40.9. The number of anilines is 3. The number of ether oxygens (including phenoxy) is 2. The molecule has 0 radical (unpaired) electrons. The van der Waals surface area contributed by atoms with Crippen LogP contribution in [-0.2, 0) is 30.1 Å². The molecule has 11 nitrogen and oxygen atoms in total. The van der Waals surface area contributed by atoms with Crippen LogP contribution in [0.4, 0.5) is 26.1 Å². The minimum Gasteiger partial charge on any atom is -0.471 e. The number of nitrogens with zero attached hydrogens (tertiary/aromatic N) is 5. The average Bonchev–Trinajstić information content (AvgIpc) is 3.81. The first-order chi connectivity index (χ1) is 27.1. The van der Waals surface area contributed by atoms with Gasteiger partial charge in [0.2, 0.25) is 11.8 Å². The van der Waals surface area contributed by atoms with Gasteiger partial charge in [-0.15, -0.1) is 0 Å². The highest BCUT2D eigenvalue weighted by atomic mass is 28.3. The van der Waals surface area contributed by atoms with Gasteiger partial charge in [0.05, 0.1) is 39.1 Å². The topological polar surface area (TPSA) is 135 Å². The third kappa shape index (κ3) is 5.52. The fraction of sp³-hybridized carbons (Fsp3) is 0.286. The van der Waals surface area contributed by atoms with Gasteiger partial charge in [0, 0.05) is 23.5 Å². The summed E-state index contributed by atoms with van der Waals surface area (Å²) >= 11 is 0. The van der Waals surface area contributed by atoms with Crippen molar-refractivity contribution in [2.75, 3.05) is 41.7 Å². The summed E-state index contributed by atoms with van der Waals surface area (Å²) in [6, 6.07) is 26.6. The minimum atomic E-state index is -2.36. The number of hydrogen-bond donors (Lipinski definition) is 3. The van der Waals surface area contributed by atoms with Gasteiger partial charge in [-0.2, -0.15) is 9.97 Å². The monoisotopic (exact) mass is 770 g/mol. The molecule has 14 heteroatoms. The van der Waals surface area contributed by atoms with Crippen molar-refractivity contribution in [3.8, 4) is 5.88 Å². The van der Waals surface area contributed by atoms with Crippen LogP contribution in [0.3, 0.4) is 0 Å². The smallest absolute Gasteiger partial charge is 0.251 e. The molecule has 2 aromatic heterocycles. The maximum absolute atomic E-state index is 14.0. The molecule has 6 heterocycles. The third-order valence-electron chi connectivity index (χ3n) is 11.8.